The van der Waals surface area contributed by atoms with Crippen molar-refractivity contribution in [2.24, 2.45) is 5.41 Å². The van der Waals surface area contributed by atoms with E-state index in [-0.39, 0.29) is 12.0 Å². The van der Waals surface area contributed by atoms with Crippen molar-refractivity contribution >= 4 is 15.9 Å². The minimum atomic E-state index is -0.120. The standard InChI is InChI=1S/C16H26BrNO3/c1-5-6-21-15-13(17)7-12(8-14(15)20-4)9-18-10-16(2,3)11-19/h7-8,18-19H,5-6,9-11H2,1-4H3. The summed E-state index contributed by atoms with van der Waals surface area (Å²) in [5, 5.41) is 12.6. The van der Waals surface area contributed by atoms with Gasteiger partial charge in [-0.3, -0.25) is 0 Å². The normalized spacial score (nSPS) is 11.5. The predicted octanol–water partition coefficient (Wildman–Crippen LogP) is 3.35. The van der Waals surface area contributed by atoms with Gasteiger partial charge in [-0.05, 0) is 40.0 Å². The van der Waals surface area contributed by atoms with Crippen LogP contribution in [0.3, 0.4) is 0 Å². The monoisotopic (exact) mass is 359 g/mol. The first-order valence-corrected chi connectivity index (χ1v) is 8.03. The van der Waals surface area contributed by atoms with Gasteiger partial charge in [0.15, 0.2) is 11.5 Å². The van der Waals surface area contributed by atoms with Crippen molar-refractivity contribution in [3.8, 4) is 11.5 Å². The summed E-state index contributed by atoms with van der Waals surface area (Å²) >= 11 is 3.54. The van der Waals surface area contributed by atoms with E-state index in [1.807, 2.05) is 26.0 Å². The minimum Gasteiger partial charge on any atom is -0.493 e. The molecule has 0 saturated heterocycles. The lowest BCUT2D eigenvalue weighted by molar-refractivity contribution is 0.156. The molecule has 2 N–H and O–H groups in total. The highest BCUT2D eigenvalue weighted by Crippen LogP contribution is 2.36. The number of hydrogen-bond donors (Lipinski definition) is 2. The third-order valence-electron chi connectivity index (χ3n) is 3.10. The Labute approximate surface area is 136 Å². The quantitative estimate of drug-likeness (QED) is 0.709. The van der Waals surface area contributed by atoms with E-state index in [4.69, 9.17) is 9.47 Å². The summed E-state index contributed by atoms with van der Waals surface area (Å²) < 4.78 is 12.0. The van der Waals surface area contributed by atoms with Crippen molar-refractivity contribution in [3.05, 3.63) is 22.2 Å². The number of methoxy groups -OCH3 is 1. The molecule has 0 heterocycles. The second kappa shape index (κ2) is 8.61. The molecule has 0 spiro atoms. The van der Waals surface area contributed by atoms with Crippen LogP contribution in [0.25, 0.3) is 0 Å². The summed E-state index contributed by atoms with van der Waals surface area (Å²) in [7, 11) is 1.65. The van der Waals surface area contributed by atoms with Crippen LogP contribution in [0.1, 0.15) is 32.8 Å². The van der Waals surface area contributed by atoms with Gasteiger partial charge >= 0.3 is 0 Å². The number of ether oxygens (including phenoxy) is 2. The van der Waals surface area contributed by atoms with Crippen molar-refractivity contribution in [1.82, 2.24) is 5.32 Å². The number of hydrogen-bond acceptors (Lipinski definition) is 4. The highest BCUT2D eigenvalue weighted by atomic mass is 79.9. The molecule has 0 bridgehead atoms. The molecule has 0 aliphatic rings. The Morgan fingerprint density at radius 2 is 2.05 bits per heavy atom. The van der Waals surface area contributed by atoms with Crippen LogP contribution in [0.5, 0.6) is 11.5 Å². The van der Waals surface area contributed by atoms with Crippen LogP contribution in [0, 0.1) is 5.41 Å². The fourth-order valence-electron chi connectivity index (χ4n) is 1.82. The Bertz CT molecular complexity index is 449. The zero-order valence-corrected chi connectivity index (χ0v) is 14.9. The first-order chi connectivity index (χ1) is 9.93. The Kier molecular flexibility index (Phi) is 7.49. The van der Waals surface area contributed by atoms with E-state index in [1.54, 1.807) is 7.11 Å². The number of benzene rings is 1. The van der Waals surface area contributed by atoms with E-state index in [0.29, 0.717) is 13.2 Å². The van der Waals surface area contributed by atoms with E-state index >= 15 is 0 Å². The van der Waals surface area contributed by atoms with Gasteiger partial charge in [-0.15, -0.1) is 0 Å². The summed E-state index contributed by atoms with van der Waals surface area (Å²) in [6.45, 7) is 8.41. The zero-order valence-electron chi connectivity index (χ0n) is 13.3. The van der Waals surface area contributed by atoms with Crippen LogP contribution in [0.4, 0.5) is 0 Å². The number of rotatable bonds is 9. The van der Waals surface area contributed by atoms with Gasteiger partial charge in [0, 0.05) is 25.1 Å². The van der Waals surface area contributed by atoms with E-state index in [9.17, 15) is 5.11 Å². The number of aliphatic hydroxyl groups is 1. The molecule has 0 aliphatic carbocycles. The smallest absolute Gasteiger partial charge is 0.175 e. The van der Waals surface area contributed by atoms with Crippen molar-refractivity contribution in [1.29, 1.82) is 0 Å². The first kappa shape index (κ1) is 18.3. The predicted molar refractivity (Wildman–Crippen MR) is 89.1 cm³/mol. The third kappa shape index (κ3) is 5.85. The Balaban J connectivity index is 2.74. The van der Waals surface area contributed by atoms with Crippen LogP contribution in [0.2, 0.25) is 0 Å². The van der Waals surface area contributed by atoms with Crippen molar-refractivity contribution in [2.45, 2.75) is 33.7 Å². The zero-order chi connectivity index (χ0) is 15.9. The van der Waals surface area contributed by atoms with Crippen LogP contribution in [-0.2, 0) is 6.54 Å². The van der Waals surface area contributed by atoms with Crippen molar-refractivity contribution in [3.63, 3.8) is 0 Å². The molecular weight excluding hydrogens is 334 g/mol. The van der Waals surface area contributed by atoms with Crippen LogP contribution in [-0.4, -0.2) is 32.0 Å². The second-order valence-electron chi connectivity index (χ2n) is 5.88. The average molecular weight is 360 g/mol. The van der Waals surface area contributed by atoms with Gasteiger partial charge in [-0.1, -0.05) is 20.8 Å². The molecule has 1 aromatic carbocycles. The fourth-order valence-corrected chi connectivity index (χ4v) is 2.42. The minimum absolute atomic E-state index is 0.120. The Morgan fingerprint density at radius 1 is 1.33 bits per heavy atom. The fraction of sp³-hybridized carbons (Fsp3) is 0.625. The maximum Gasteiger partial charge on any atom is 0.175 e. The SMILES string of the molecule is CCCOc1c(Br)cc(CNCC(C)(C)CO)cc1OC. The Morgan fingerprint density at radius 3 is 2.62 bits per heavy atom. The third-order valence-corrected chi connectivity index (χ3v) is 3.69. The summed E-state index contributed by atoms with van der Waals surface area (Å²) in [6.07, 6.45) is 0.954. The lowest BCUT2D eigenvalue weighted by atomic mass is 9.95. The molecule has 0 fully saturated rings. The van der Waals surface area contributed by atoms with Crippen LogP contribution < -0.4 is 14.8 Å². The van der Waals surface area contributed by atoms with E-state index in [1.165, 1.54) is 0 Å². The average Bonchev–Trinajstić information content (AvgIpc) is 2.45. The van der Waals surface area contributed by atoms with Gasteiger partial charge < -0.3 is 19.9 Å². The van der Waals surface area contributed by atoms with Gasteiger partial charge in [0.25, 0.3) is 0 Å². The highest BCUT2D eigenvalue weighted by molar-refractivity contribution is 9.10. The first-order valence-electron chi connectivity index (χ1n) is 7.24. The van der Waals surface area contributed by atoms with Crippen LogP contribution >= 0.6 is 15.9 Å². The molecule has 0 atom stereocenters. The van der Waals surface area contributed by atoms with Crippen molar-refractivity contribution in [2.75, 3.05) is 26.9 Å². The van der Waals surface area contributed by atoms with Crippen molar-refractivity contribution < 1.29 is 14.6 Å². The Hall–Kier alpha value is -0.780. The molecular formula is C16H26BrNO3. The van der Waals surface area contributed by atoms with E-state index in [0.717, 1.165) is 34.5 Å². The molecule has 1 rings (SSSR count). The largest absolute Gasteiger partial charge is 0.493 e. The number of halogens is 1. The molecule has 0 unspecified atom stereocenters. The topological polar surface area (TPSA) is 50.7 Å². The molecule has 1 aromatic rings. The molecule has 5 heteroatoms. The molecule has 0 amide bonds. The van der Waals surface area contributed by atoms with Crippen LogP contribution in [0.15, 0.2) is 16.6 Å². The molecule has 21 heavy (non-hydrogen) atoms. The molecule has 4 nitrogen and oxygen atoms in total. The van der Waals surface area contributed by atoms with Gasteiger partial charge in [0.1, 0.15) is 0 Å². The van der Waals surface area contributed by atoms with E-state index < -0.39 is 0 Å². The van der Waals surface area contributed by atoms with Gasteiger partial charge in [0.2, 0.25) is 0 Å². The lowest BCUT2D eigenvalue weighted by Crippen LogP contribution is -2.31. The molecule has 0 radical (unpaired) electrons. The maximum atomic E-state index is 9.25. The lowest BCUT2D eigenvalue weighted by Gasteiger charge is -2.22. The van der Waals surface area contributed by atoms with Gasteiger partial charge in [-0.25, -0.2) is 0 Å². The summed E-state index contributed by atoms with van der Waals surface area (Å²) in [4.78, 5) is 0. The summed E-state index contributed by atoms with van der Waals surface area (Å²) in [5.74, 6) is 1.48. The molecule has 0 aromatic heterocycles. The second-order valence-corrected chi connectivity index (χ2v) is 6.74. The molecule has 120 valence electrons. The highest BCUT2D eigenvalue weighted by Gasteiger charge is 2.16. The summed E-state index contributed by atoms with van der Waals surface area (Å²) in [6, 6.07) is 4.02. The van der Waals surface area contributed by atoms with Gasteiger partial charge in [-0.2, -0.15) is 0 Å². The number of aliphatic hydroxyl groups excluding tert-OH is 1. The maximum absolute atomic E-state index is 9.25. The van der Waals surface area contributed by atoms with Gasteiger partial charge in [0.05, 0.1) is 18.2 Å². The summed E-state index contributed by atoms with van der Waals surface area (Å²) in [5.41, 5.74) is 0.988. The molecule has 0 saturated carbocycles. The van der Waals surface area contributed by atoms with E-state index in [2.05, 4.69) is 28.2 Å². The number of nitrogens with one attached hydrogen (secondary N) is 1. The molecule has 0 aliphatic heterocycles.